The van der Waals surface area contributed by atoms with E-state index in [0.29, 0.717) is 0 Å². The number of pyridine rings is 1. The van der Waals surface area contributed by atoms with Crippen LogP contribution in [0.5, 0.6) is 0 Å². The summed E-state index contributed by atoms with van der Waals surface area (Å²) in [6, 6.07) is 8.04. The minimum atomic E-state index is 0.721. The van der Waals surface area contributed by atoms with E-state index in [1.807, 2.05) is 12.1 Å². The van der Waals surface area contributed by atoms with Gasteiger partial charge < -0.3 is 5.32 Å². The number of rotatable bonds is 3. The Hall–Kier alpha value is -1.28. The lowest BCUT2D eigenvalue weighted by Gasteiger charge is -2.22. The van der Waals surface area contributed by atoms with E-state index in [0.717, 1.165) is 34.1 Å². The van der Waals surface area contributed by atoms with Crippen molar-refractivity contribution < 1.29 is 0 Å². The first-order valence-electron chi connectivity index (χ1n) is 7.12. The fourth-order valence-corrected chi connectivity index (χ4v) is 3.15. The molecule has 100 valence electrons. The molecule has 19 heavy (non-hydrogen) atoms. The quantitative estimate of drug-likeness (QED) is 0.863. The number of nitrogens with zero attached hydrogens (tertiary/aromatic N) is 1. The van der Waals surface area contributed by atoms with Gasteiger partial charge in [0.25, 0.3) is 0 Å². The molecule has 1 heterocycles. The predicted molar refractivity (Wildman–Crippen MR) is 81.8 cm³/mol. The van der Waals surface area contributed by atoms with Gasteiger partial charge in [0.05, 0.1) is 10.5 Å². The average molecular weight is 275 g/mol. The zero-order valence-corrected chi connectivity index (χ0v) is 11.8. The van der Waals surface area contributed by atoms with Crippen LogP contribution in [0.4, 0.5) is 5.69 Å². The van der Waals surface area contributed by atoms with Crippen molar-refractivity contribution in [2.45, 2.75) is 32.1 Å². The second-order valence-electron chi connectivity index (χ2n) is 5.38. The van der Waals surface area contributed by atoms with Crippen molar-refractivity contribution in [2.24, 2.45) is 5.92 Å². The molecule has 1 fully saturated rings. The third kappa shape index (κ3) is 2.84. The Morgan fingerprint density at radius 3 is 2.84 bits per heavy atom. The Balaban J connectivity index is 1.79. The molecule has 0 saturated heterocycles. The fraction of sp³-hybridized carbons (Fsp3) is 0.438. The number of nitrogens with one attached hydrogen (secondary N) is 1. The summed E-state index contributed by atoms with van der Waals surface area (Å²) in [4.78, 5) is 4.36. The first-order valence-corrected chi connectivity index (χ1v) is 7.49. The van der Waals surface area contributed by atoms with E-state index in [-0.39, 0.29) is 0 Å². The number of fused-ring (bicyclic) bond motifs is 1. The van der Waals surface area contributed by atoms with Gasteiger partial charge in [-0.15, -0.1) is 0 Å². The van der Waals surface area contributed by atoms with Crippen LogP contribution in [0.25, 0.3) is 10.9 Å². The van der Waals surface area contributed by atoms with Crippen LogP contribution in [0.15, 0.2) is 30.5 Å². The molecule has 2 aromatic rings. The minimum absolute atomic E-state index is 0.721. The molecule has 1 aromatic carbocycles. The molecule has 3 rings (SSSR count). The third-order valence-corrected chi connectivity index (χ3v) is 4.33. The second-order valence-corrected chi connectivity index (χ2v) is 5.79. The molecule has 1 aromatic heterocycles. The van der Waals surface area contributed by atoms with Crippen LogP contribution in [-0.4, -0.2) is 11.5 Å². The Morgan fingerprint density at radius 2 is 2.00 bits per heavy atom. The Labute approximate surface area is 119 Å². The zero-order valence-electron chi connectivity index (χ0n) is 11.0. The third-order valence-electron chi connectivity index (χ3n) is 4.03. The van der Waals surface area contributed by atoms with Crippen LogP contribution in [0, 0.1) is 5.92 Å². The summed E-state index contributed by atoms with van der Waals surface area (Å²) in [5, 5.41) is 5.42. The number of benzene rings is 1. The molecule has 2 nitrogen and oxygen atoms in total. The summed E-state index contributed by atoms with van der Waals surface area (Å²) in [6.45, 7) is 1.06. The predicted octanol–water partition coefficient (Wildman–Crippen LogP) is 4.88. The number of hydrogen-bond donors (Lipinski definition) is 1. The molecule has 1 aliphatic rings. The van der Waals surface area contributed by atoms with E-state index >= 15 is 0 Å². The first-order chi connectivity index (χ1) is 9.34. The van der Waals surface area contributed by atoms with Gasteiger partial charge in [-0.25, -0.2) is 0 Å². The summed E-state index contributed by atoms with van der Waals surface area (Å²) in [5.74, 6) is 0.816. The Kier molecular flexibility index (Phi) is 3.88. The summed E-state index contributed by atoms with van der Waals surface area (Å²) in [6.07, 6.45) is 8.68. The van der Waals surface area contributed by atoms with E-state index in [4.69, 9.17) is 11.6 Å². The van der Waals surface area contributed by atoms with E-state index in [1.165, 1.54) is 32.1 Å². The van der Waals surface area contributed by atoms with Crippen molar-refractivity contribution in [3.8, 4) is 0 Å². The summed E-state index contributed by atoms with van der Waals surface area (Å²) in [5.41, 5.74) is 2.04. The molecule has 1 N–H and O–H groups in total. The van der Waals surface area contributed by atoms with Gasteiger partial charge in [-0.2, -0.15) is 0 Å². The van der Waals surface area contributed by atoms with Gasteiger partial charge in [-0.05, 0) is 43.0 Å². The molecule has 0 radical (unpaired) electrons. The van der Waals surface area contributed by atoms with Crippen LogP contribution in [0.2, 0.25) is 5.02 Å². The van der Waals surface area contributed by atoms with Crippen molar-refractivity contribution in [3.05, 3.63) is 35.5 Å². The smallest absolute Gasteiger partial charge is 0.0908 e. The molecular formula is C16H19ClN2. The van der Waals surface area contributed by atoms with E-state index < -0.39 is 0 Å². The maximum absolute atomic E-state index is 6.19. The van der Waals surface area contributed by atoms with Gasteiger partial charge in [0.15, 0.2) is 0 Å². The lowest BCUT2D eigenvalue weighted by Crippen LogP contribution is -2.17. The van der Waals surface area contributed by atoms with Gasteiger partial charge in [0, 0.05) is 23.8 Å². The van der Waals surface area contributed by atoms with Crippen LogP contribution >= 0.6 is 11.6 Å². The van der Waals surface area contributed by atoms with Crippen LogP contribution in [0.1, 0.15) is 32.1 Å². The molecule has 0 aliphatic heterocycles. The Morgan fingerprint density at radius 1 is 1.16 bits per heavy atom. The average Bonchev–Trinajstić information content (AvgIpc) is 2.48. The lowest BCUT2D eigenvalue weighted by atomic mass is 9.89. The van der Waals surface area contributed by atoms with Gasteiger partial charge in [-0.1, -0.05) is 30.9 Å². The summed E-state index contributed by atoms with van der Waals surface area (Å²) in [7, 11) is 0. The van der Waals surface area contributed by atoms with Crippen LogP contribution in [0.3, 0.4) is 0 Å². The van der Waals surface area contributed by atoms with Crippen molar-refractivity contribution >= 4 is 28.2 Å². The van der Waals surface area contributed by atoms with Crippen LogP contribution in [-0.2, 0) is 0 Å². The molecule has 0 unspecified atom stereocenters. The van der Waals surface area contributed by atoms with Crippen LogP contribution < -0.4 is 5.32 Å². The van der Waals surface area contributed by atoms with Crippen molar-refractivity contribution in [1.29, 1.82) is 0 Å². The monoisotopic (exact) mass is 274 g/mol. The van der Waals surface area contributed by atoms with Crippen molar-refractivity contribution in [1.82, 2.24) is 4.98 Å². The highest BCUT2D eigenvalue weighted by molar-refractivity contribution is 6.35. The van der Waals surface area contributed by atoms with Crippen molar-refractivity contribution in [3.63, 3.8) is 0 Å². The number of hydrogen-bond acceptors (Lipinski definition) is 2. The highest BCUT2D eigenvalue weighted by Crippen LogP contribution is 2.29. The Bertz CT molecular complexity index is 562. The molecule has 0 atom stereocenters. The normalized spacial score (nSPS) is 16.7. The van der Waals surface area contributed by atoms with Gasteiger partial charge in [0.2, 0.25) is 0 Å². The highest BCUT2D eigenvalue weighted by atomic mass is 35.5. The maximum atomic E-state index is 6.19. The lowest BCUT2D eigenvalue weighted by molar-refractivity contribution is 0.373. The molecule has 0 spiro atoms. The largest absolute Gasteiger partial charge is 0.384 e. The molecule has 0 bridgehead atoms. The van der Waals surface area contributed by atoms with Crippen molar-refractivity contribution in [2.75, 3.05) is 11.9 Å². The van der Waals surface area contributed by atoms with Gasteiger partial charge in [0.1, 0.15) is 0 Å². The minimum Gasteiger partial charge on any atom is -0.384 e. The summed E-state index contributed by atoms with van der Waals surface area (Å²) >= 11 is 6.19. The molecule has 1 saturated carbocycles. The SMILES string of the molecule is Clc1ccc(NCC2CCCCC2)c2cccnc12. The first kappa shape index (κ1) is 12.7. The molecule has 0 amide bonds. The second kappa shape index (κ2) is 5.79. The zero-order chi connectivity index (χ0) is 13.1. The number of aromatic nitrogens is 1. The topological polar surface area (TPSA) is 24.9 Å². The van der Waals surface area contributed by atoms with Gasteiger partial charge in [-0.3, -0.25) is 4.98 Å². The number of anilines is 1. The maximum Gasteiger partial charge on any atom is 0.0908 e. The highest BCUT2D eigenvalue weighted by Gasteiger charge is 2.13. The summed E-state index contributed by atoms with van der Waals surface area (Å²) < 4.78 is 0. The van der Waals surface area contributed by atoms with E-state index in [1.54, 1.807) is 6.20 Å². The van der Waals surface area contributed by atoms with Gasteiger partial charge >= 0.3 is 0 Å². The van der Waals surface area contributed by atoms with E-state index in [9.17, 15) is 0 Å². The molecule has 3 heteroatoms. The fourth-order valence-electron chi connectivity index (χ4n) is 2.94. The van der Waals surface area contributed by atoms with E-state index in [2.05, 4.69) is 22.4 Å². The standard InChI is InChI=1S/C16H19ClN2/c17-14-8-9-15(13-7-4-10-18-16(13)14)19-11-12-5-2-1-3-6-12/h4,7-10,12,19H,1-3,5-6,11H2. The number of halogens is 1. The molecule has 1 aliphatic carbocycles. The molecular weight excluding hydrogens is 256 g/mol.